The van der Waals surface area contributed by atoms with Crippen LogP contribution in [0.1, 0.15) is 25.2 Å². The molecule has 1 N–H and O–H groups in total. The van der Waals surface area contributed by atoms with Crippen molar-refractivity contribution in [3.8, 4) is 0 Å². The molecule has 1 saturated heterocycles. The van der Waals surface area contributed by atoms with Crippen LogP contribution in [0, 0.1) is 23.7 Å². The van der Waals surface area contributed by atoms with Crippen LogP contribution in [0.2, 0.25) is 0 Å². The fourth-order valence-corrected chi connectivity index (χ4v) is 3.85. The number of nitrogens with one attached hydrogen (secondary N) is 1. The largest absolute Gasteiger partial charge is 0.274 e. The topological polar surface area (TPSA) is 79.0 Å². The second-order valence-electron chi connectivity index (χ2n) is 5.59. The Kier molecular flexibility index (Phi) is 2.02. The minimum absolute atomic E-state index is 0.0456. The summed E-state index contributed by atoms with van der Waals surface area (Å²) >= 11 is 0. The molecule has 19 heavy (non-hydrogen) atoms. The maximum atomic E-state index is 12.5. The van der Waals surface area contributed by atoms with E-state index in [0.29, 0.717) is 5.82 Å². The van der Waals surface area contributed by atoms with Crippen molar-refractivity contribution >= 4 is 11.8 Å². The van der Waals surface area contributed by atoms with Crippen LogP contribution < -0.4 is 0 Å². The molecule has 2 bridgehead atoms. The lowest BCUT2D eigenvalue weighted by atomic mass is 9.85. The Bertz CT molecular complexity index is 549. The van der Waals surface area contributed by atoms with Gasteiger partial charge < -0.3 is 0 Å². The van der Waals surface area contributed by atoms with E-state index in [1.807, 2.05) is 6.92 Å². The molecule has 1 aromatic rings. The first-order chi connectivity index (χ1) is 9.18. The third-order valence-electron chi connectivity index (χ3n) is 4.72. The Morgan fingerprint density at radius 1 is 1.26 bits per heavy atom. The Morgan fingerprint density at radius 3 is 2.42 bits per heavy atom. The number of likely N-dealkylation sites (tertiary alicyclic amines) is 1. The van der Waals surface area contributed by atoms with E-state index >= 15 is 0 Å². The molecule has 1 aromatic heterocycles. The number of aromatic nitrogens is 3. The zero-order valence-electron chi connectivity index (χ0n) is 10.5. The van der Waals surface area contributed by atoms with Gasteiger partial charge in [-0.15, -0.1) is 0 Å². The Labute approximate surface area is 109 Å². The molecule has 0 aromatic carbocycles. The number of rotatable bonds is 2. The number of amides is 2. The summed E-state index contributed by atoms with van der Waals surface area (Å²) in [6.45, 7) is 1.81. The van der Waals surface area contributed by atoms with Crippen molar-refractivity contribution in [3.05, 3.63) is 24.3 Å². The molecule has 3 aliphatic rings. The maximum Gasteiger partial charge on any atom is 0.234 e. The predicted octanol–water partition coefficient (Wildman–Crippen LogP) is 0.673. The summed E-state index contributed by atoms with van der Waals surface area (Å²) in [6, 6.07) is -0.368. The van der Waals surface area contributed by atoms with Gasteiger partial charge in [-0.25, -0.2) is 4.98 Å². The number of aromatic amines is 1. The van der Waals surface area contributed by atoms with Crippen LogP contribution in [0.5, 0.6) is 0 Å². The van der Waals surface area contributed by atoms with Crippen molar-refractivity contribution in [2.45, 2.75) is 19.4 Å². The fraction of sp³-hybridized carbons (Fsp3) is 0.538. The van der Waals surface area contributed by atoms with E-state index in [-0.39, 0.29) is 41.5 Å². The number of imide groups is 1. The van der Waals surface area contributed by atoms with Crippen molar-refractivity contribution in [1.82, 2.24) is 20.1 Å². The van der Waals surface area contributed by atoms with Gasteiger partial charge in [-0.1, -0.05) is 12.2 Å². The molecule has 5 unspecified atom stereocenters. The summed E-state index contributed by atoms with van der Waals surface area (Å²) in [5, 5.41) is 6.52. The number of nitrogens with zero attached hydrogens (tertiary/aromatic N) is 3. The Balaban J connectivity index is 1.69. The summed E-state index contributed by atoms with van der Waals surface area (Å²) in [6.07, 6.45) is 6.54. The third kappa shape index (κ3) is 1.26. The molecule has 2 fully saturated rings. The zero-order chi connectivity index (χ0) is 13.1. The van der Waals surface area contributed by atoms with Crippen LogP contribution in [0.15, 0.2) is 18.5 Å². The van der Waals surface area contributed by atoms with E-state index in [0.717, 1.165) is 6.42 Å². The van der Waals surface area contributed by atoms with Crippen LogP contribution in [0.4, 0.5) is 0 Å². The van der Waals surface area contributed by atoms with Gasteiger partial charge in [0.25, 0.3) is 0 Å². The van der Waals surface area contributed by atoms with Gasteiger partial charge in [0.2, 0.25) is 11.8 Å². The minimum Gasteiger partial charge on any atom is -0.274 e. The zero-order valence-corrected chi connectivity index (χ0v) is 10.5. The van der Waals surface area contributed by atoms with Crippen LogP contribution in [0.25, 0.3) is 0 Å². The highest BCUT2D eigenvalue weighted by Crippen LogP contribution is 2.53. The number of hydrogen-bond donors (Lipinski definition) is 1. The van der Waals surface area contributed by atoms with Gasteiger partial charge >= 0.3 is 0 Å². The average molecular weight is 258 g/mol. The van der Waals surface area contributed by atoms with Gasteiger partial charge in [0.05, 0.1) is 17.9 Å². The first-order valence-electron chi connectivity index (χ1n) is 6.59. The van der Waals surface area contributed by atoms with Crippen LogP contribution in [-0.2, 0) is 9.59 Å². The average Bonchev–Trinajstić information content (AvgIpc) is 3.13. The van der Waals surface area contributed by atoms with E-state index in [1.54, 1.807) is 0 Å². The molecular weight excluding hydrogens is 244 g/mol. The van der Waals surface area contributed by atoms with Gasteiger partial charge in [-0.05, 0) is 25.2 Å². The lowest BCUT2D eigenvalue weighted by Crippen LogP contribution is -2.35. The molecule has 0 spiro atoms. The minimum atomic E-state index is -0.368. The molecule has 4 rings (SSSR count). The molecule has 2 amide bonds. The fourth-order valence-electron chi connectivity index (χ4n) is 3.85. The molecule has 2 aliphatic carbocycles. The van der Waals surface area contributed by atoms with Crippen molar-refractivity contribution in [1.29, 1.82) is 0 Å². The number of carbonyl (C=O) groups excluding carboxylic acids is 2. The quantitative estimate of drug-likeness (QED) is 0.624. The van der Waals surface area contributed by atoms with Crippen LogP contribution in [-0.4, -0.2) is 31.9 Å². The summed E-state index contributed by atoms with van der Waals surface area (Å²) < 4.78 is 0. The van der Waals surface area contributed by atoms with E-state index in [2.05, 4.69) is 27.3 Å². The van der Waals surface area contributed by atoms with E-state index < -0.39 is 0 Å². The number of carbonyl (C=O) groups is 2. The molecule has 1 saturated carbocycles. The van der Waals surface area contributed by atoms with Crippen molar-refractivity contribution in [2.75, 3.05) is 0 Å². The molecule has 98 valence electrons. The smallest absolute Gasteiger partial charge is 0.234 e. The second kappa shape index (κ2) is 3.53. The van der Waals surface area contributed by atoms with E-state index in [9.17, 15) is 9.59 Å². The number of allylic oxidation sites excluding steroid dienone is 2. The lowest BCUT2D eigenvalue weighted by molar-refractivity contribution is -0.143. The van der Waals surface area contributed by atoms with E-state index in [4.69, 9.17) is 0 Å². The van der Waals surface area contributed by atoms with E-state index in [1.165, 1.54) is 11.2 Å². The molecule has 2 heterocycles. The normalized spacial score (nSPS) is 37.2. The summed E-state index contributed by atoms with van der Waals surface area (Å²) in [5.41, 5.74) is 0. The number of hydrogen-bond acceptors (Lipinski definition) is 4. The van der Waals surface area contributed by atoms with Crippen LogP contribution >= 0.6 is 0 Å². The molecular formula is C13H14N4O2. The summed E-state index contributed by atoms with van der Waals surface area (Å²) in [4.78, 5) is 30.5. The molecule has 6 heteroatoms. The molecule has 1 aliphatic heterocycles. The van der Waals surface area contributed by atoms with Crippen LogP contribution in [0.3, 0.4) is 0 Å². The van der Waals surface area contributed by atoms with Gasteiger partial charge in [-0.3, -0.25) is 19.6 Å². The van der Waals surface area contributed by atoms with Gasteiger partial charge in [-0.2, -0.15) is 5.10 Å². The van der Waals surface area contributed by atoms with Crippen molar-refractivity contribution in [2.24, 2.45) is 23.7 Å². The maximum absolute atomic E-state index is 12.5. The SMILES string of the molecule is CC(c1ncn[nH]1)N1C(=O)C2C3C=CC(C3)C2C1=O. The highest BCUT2D eigenvalue weighted by atomic mass is 16.2. The second-order valence-corrected chi connectivity index (χ2v) is 5.59. The number of fused-ring (bicyclic) bond motifs is 5. The lowest BCUT2D eigenvalue weighted by Gasteiger charge is -2.22. The summed E-state index contributed by atoms with van der Waals surface area (Å²) in [5.74, 6) is 0.672. The Hall–Kier alpha value is -1.98. The van der Waals surface area contributed by atoms with Crippen molar-refractivity contribution in [3.63, 3.8) is 0 Å². The molecule has 5 atom stereocenters. The third-order valence-corrected chi connectivity index (χ3v) is 4.72. The monoisotopic (exact) mass is 258 g/mol. The highest BCUT2D eigenvalue weighted by Gasteiger charge is 2.60. The number of H-pyrrole nitrogens is 1. The predicted molar refractivity (Wildman–Crippen MR) is 64.4 cm³/mol. The first-order valence-corrected chi connectivity index (χ1v) is 6.59. The van der Waals surface area contributed by atoms with Gasteiger partial charge in [0.15, 0.2) is 0 Å². The first kappa shape index (κ1) is 10.9. The van der Waals surface area contributed by atoms with Gasteiger partial charge in [0, 0.05) is 0 Å². The molecule has 0 radical (unpaired) electrons. The standard InChI is InChI=1S/C13H14N4O2/c1-6(11-14-5-15-16-11)17-12(18)9-7-2-3-8(4-7)10(9)13(17)19/h2-3,5-10H,4H2,1H3,(H,14,15,16). The van der Waals surface area contributed by atoms with Crippen molar-refractivity contribution < 1.29 is 9.59 Å². The summed E-state index contributed by atoms with van der Waals surface area (Å²) in [7, 11) is 0. The highest BCUT2D eigenvalue weighted by molar-refractivity contribution is 6.06. The molecule has 6 nitrogen and oxygen atoms in total. The Morgan fingerprint density at radius 2 is 1.89 bits per heavy atom. The van der Waals surface area contributed by atoms with Gasteiger partial charge in [0.1, 0.15) is 12.2 Å².